The van der Waals surface area contributed by atoms with Crippen molar-refractivity contribution in [2.75, 3.05) is 6.54 Å². The number of sulfonamides is 1. The van der Waals surface area contributed by atoms with E-state index in [-0.39, 0.29) is 0 Å². The van der Waals surface area contributed by atoms with Gasteiger partial charge in [-0.25, -0.2) is 13.2 Å². The van der Waals surface area contributed by atoms with Gasteiger partial charge in [-0.1, -0.05) is 68.8 Å². The maximum Gasteiger partial charge on any atom is 0.413 e. The van der Waals surface area contributed by atoms with Crippen LogP contribution in [0.15, 0.2) is 54.6 Å². The highest BCUT2D eigenvalue weighted by Gasteiger charge is 2.59. The van der Waals surface area contributed by atoms with Gasteiger partial charge in [-0.05, 0) is 75.0 Å². The number of ether oxygens (including phenoxy) is 1. The number of hydrogen-bond acceptors (Lipinski definition) is 7. The summed E-state index contributed by atoms with van der Waals surface area (Å²) in [7, 11) is -4.00. The summed E-state index contributed by atoms with van der Waals surface area (Å²) in [6, 6.07) is 14.3. The van der Waals surface area contributed by atoms with Crippen molar-refractivity contribution in [3.63, 3.8) is 0 Å². The Morgan fingerprint density at radius 2 is 1.62 bits per heavy atom. The molecule has 12 heteroatoms. The normalized spacial score (nSPS) is 20.4. The standard InChI is InChI=1S/C33H42N4O7S/c1-22-12-14-24(15-13-22)44-30(41)34-26(31(2,3)4)28(39)37-20-8-11-25(37)27(38)35-33(18-19-33)29(40)36-45(42,43)32(16-17-32)21-23-9-6-5-7-10-23/h5-7,9-10,12-15,25-26H,8,11,16-21H2,1-4H3,(H,34,41)(H,35,38)(H,36,40)/t25-,26+/m0/s1. The number of carbonyl (C=O) groups excluding carboxylic acids is 4. The van der Waals surface area contributed by atoms with Crippen molar-refractivity contribution in [1.82, 2.24) is 20.3 Å². The molecule has 2 aliphatic carbocycles. The van der Waals surface area contributed by atoms with E-state index in [4.69, 9.17) is 4.74 Å². The van der Waals surface area contributed by atoms with E-state index < -0.39 is 61.6 Å². The number of benzene rings is 2. The Balaban J connectivity index is 1.22. The topological polar surface area (TPSA) is 151 Å². The second-order valence-electron chi connectivity index (χ2n) is 13.7. The molecule has 0 spiro atoms. The second-order valence-corrected chi connectivity index (χ2v) is 15.8. The third kappa shape index (κ3) is 7.16. The zero-order valence-electron chi connectivity index (χ0n) is 26.2. The molecule has 3 N–H and O–H groups in total. The average molecular weight is 639 g/mol. The van der Waals surface area contributed by atoms with Crippen LogP contribution in [0.4, 0.5) is 4.79 Å². The molecule has 4 amide bonds. The van der Waals surface area contributed by atoms with Crippen molar-refractivity contribution >= 4 is 33.8 Å². The van der Waals surface area contributed by atoms with Crippen LogP contribution in [0.5, 0.6) is 5.75 Å². The highest BCUT2D eigenvalue weighted by Crippen LogP contribution is 2.46. The zero-order chi connectivity index (χ0) is 32.6. The molecule has 2 saturated carbocycles. The molecule has 11 nitrogen and oxygen atoms in total. The third-order valence-corrected chi connectivity index (χ3v) is 11.1. The Morgan fingerprint density at radius 1 is 0.978 bits per heavy atom. The summed E-state index contributed by atoms with van der Waals surface area (Å²) >= 11 is 0. The Bertz CT molecular complexity index is 1560. The largest absolute Gasteiger partial charge is 0.413 e. The molecule has 0 aromatic heterocycles. The molecule has 2 aromatic carbocycles. The van der Waals surface area contributed by atoms with E-state index in [9.17, 15) is 27.6 Å². The third-order valence-electron chi connectivity index (χ3n) is 8.97. The van der Waals surface area contributed by atoms with Gasteiger partial charge in [0.15, 0.2) is 0 Å². The number of aryl methyl sites for hydroxylation is 1. The fourth-order valence-corrected chi connectivity index (χ4v) is 7.46. The monoisotopic (exact) mass is 638 g/mol. The fraction of sp³-hybridized carbons (Fsp3) is 0.515. The summed E-state index contributed by atoms with van der Waals surface area (Å²) < 4.78 is 33.3. The van der Waals surface area contributed by atoms with Gasteiger partial charge in [-0.2, -0.15) is 0 Å². The first-order chi connectivity index (χ1) is 21.1. The molecule has 1 aliphatic heterocycles. The van der Waals surface area contributed by atoms with Crippen LogP contribution < -0.4 is 20.1 Å². The summed E-state index contributed by atoms with van der Waals surface area (Å²) in [5.41, 5.74) is -0.174. The van der Waals surface area contributed by atoms with Crippen LogP contribution >= 0.6 is 0 Å². The molecule has 3 fully saturated rings. The summed E-state index contributed by atoms with van der Waals surface area (Å²) in [6.07, 6.45) is 1.93. The molecule has 45 heavy (non-hydrogen) atoms. The van der Waals surface area contributed by atoms with Crippen LogP contribution in [0.25, 0.3) is 0 Å². The molecular weight excluding hydrogens is 596 g/mol. The van der Waals surface area contributed by atoms with Gasteiger partial charge in [-0.15, -0.1) is 0 Å². The lowest BCUT2D eigenvalue weighted by molar-refractivity contribution is -0.142. The van der Waals surface area contributed by atoms with Crippen LogP contribution in [0, 0.1) is 12.3 Å². The van der Waals surface area contributed by atoms with Gasteiger partial charge in [-0.3, -0.25) is 19.1 Å². The minimum Gasteiger partial charge on any atom is -0.410 e. The number of likely N-dealkylation sites (tertiary alicyclic amines) is 1. The molecule has 2 atom stereocenters. The Labute approximate surface area is 264 Å². The number of amides is 4. The minimum absolute atomic E-state index is 0.295. The van der Waals surface area contributed by atoms with Gasteiger partial charge in [0.05, 0.1) is 4.75 Å². The van der Waals surface area contributed by atoms with Crippen molar-refractivity contribution in [1.29, 1.82) is 0 Å². The number of carbonyl (C=O) groups is 4. The van der Waals surface area contributed by atoms with Gasteiger partial charge < -0.3 is 20.3 Å². The molecule has 242 valence electrons. The predicted molar refractivity (Wildman–Crippen MR) is 168 cm³/mol. The summed E-state index contributed by atoms with van der Waals surface area (Å²) in [4.78, 5) is 54.9. The summed E-state index contributed by atoms with van der Waals surface area (Å²) in [6.45, 7) is 7.63. The lowest BCUT2D eigenvalue weighted by Gasteiger charge is -2.35. The molecule has 1 saturated heterocycles. The second kappa shape index (κ2) is 12.1. The van der Waals surface area contributed by atoms with Crippen LogP contribution in [0.2, 0.25) is 0 Å². The molecular formula is C33H42N4O7S. The van der Waals surface area contributed by atoms with Crippen LogP contribution in [-0.2, 0) is 30.8 Å². The van der Waals surface area contributed by atoms with E-state index in [1.54, 1.807) is 45.0 Å². The molecule has 2 aromatic rings. The van der Waals surface area contributed by atoms with Crippen molar-refractivity contribution in [3.8, 4) is 5.75 Å². The van der Waals surface area contributed by atoms with Gasteiger partial charge in [0.2, 0.25) is 21.8 Å². The summed E-state index contributed by atoms with van der Waals surface area (Å²) in [5.74, 6) is -1.38. The minimum atomic E-state index is -4.00. The van der Waals surface area contributed by atoms with Gasteiger partial charge >= 0.3 is 6.09 Å². The number of rotatable bonds is 10. The van der Waals surface area contributed by atoms with Crippen LogP contribution in [0.1, 0.15) is 70.4 Å². The maximum atomic E-state index is 13.8. The van der Waals surface area contributed by atoms with E-state index in [1.165, 1.54) is 4.90 Å². The first-order valence-corrected chi connectivity index (χ1v) is 16.9. The lowest BCUT2D eigenvalue weighted by atomic mass is 9.85. The number of nitrogens with zero attached hydrogens (tertiary/aromatic N) is 1. The first-order valence-electron chi connectivity index (χ1n) is 15.4. The molecule has 3 aliphatic rings. The van der Waals surface area contributed by atoms with E-state index in [0.717, 1.165) is 11.1 Å². The van der Waals surface area contributed by atoms with E-state index >= 15 is 0 Å². The van der Waals surface area contributed by atoms with E-state index in [0.29, 0.717) is 57.2 Å². The smallest absolute Gasteiger partial charge is 0.410 e. The molecule has 0 radical (unpaired) electrons. The van der Waals surface area contributed by atoms with Crippen LogP contribution in [0.3, 0.4) is 0 Å². The Morgan fingerprint density at radius 3 is 2.20 bits per heavy atom. The number of hydrogen-bond donors (Lipinski definition) is 3. The molecule has 0 unspecified atom stereocenters. The zero-order valence-corrected chi connectivity index (χ0v) is 27.0. The summed E-state index contributed by atoms with van der Waals surface area (Å²) in [5, 5.41) is 5.46. The van der Waals surface area contributed by atoms with E-state index in [2.05, 4.69) is 15.4 Å². The van der Waals surface area contributed by atoms with Crippen molar-refractivity contribution in [3.05, 3.63) is 65.7 Å². The maximum absolute atomic E-state index is 13.8. The highest BCUT2D eigenvalue weighted by molar-refractivity contribution is 7.91. The molecule has 1 heterocycles. The van der Waals surface area contributed by atoms with Gasteiger partial charge in [0, 0.05) is 6.54 Å². The Hall–Kier alpha value is -3.93. The van der Waals surface area contributed by atoms with Gasteiger partial charge in [0.25, 0.3) is 5.91 Å². The van der Waals surface area contributed by atoms with Crippen molar-refractivity contribution in [2.45, 2.75) is 95.0 Å². The molecule has 5 rings (SSSR count). The van der Waals surface area contributed by atoms with Crippen LogP contribution in [-0.4, -0.2) is 66.0 Å². The lowest BCUT2D eigenvalue weighted by Crippen LogP contribution is -2.60. The molecule has 0 bridgehead atoms. The fourth-order valence-electron chi connectivity index (χ4n) is 5.81. The van der Waals surface area contributed by atoms with Gasteiger partial charge in [0.1, 0.15) is 23.4 Å². The first kappa shape index (κ1) is 32.5. The predicted octanol–water partition coefficient (Wildman–Crippen LogP) is 3.36. The van der Waals surface area contributed by atoms with Crippen molar-refractivity contribution < 1.29 is 32.3 Å². The average Bonchev–Trinajstić information content (AvgIpc) is 3.89. The van der Waals surface area contributed by atoms with E-state index in [1.807, 2.05) is 37.3 Å². The quantitative estimate of drug-likeness (QED) is 0.361. The highest BCUT2D eigenvalue weighted by atomic mass is 32.2. The van der Waals surface area contributed by atoms with Crippen molar-refractivity contribution in [2.24, 2.45) is 5.41 Å². The Kier molecular flexibility index (Phi) is 8.74. The SMILES string of the molecule is Cc1ccc(OC(=O)N[C@H](C(=O)N2CCC[C@H]2C(=O)NC2(C(=O)NS(=O)(=O)C3(Cc4ccccc4)CC3)CC2)C(C)(C)C)cc1. The number of nitrogens with one attached hydrogen (secondary N) is 3.